The number of rotatable bonds is 3. The molecule has 0 spiro atoms. The van der Waals surface area contributed by atoms with Crippen molar-refractivity contribution in [2.24, 2.45) is 0 Å². The van der Waals surface area contributed by atoms with Gasteiger partial charge in [0.1, 0.15) is 5.82 Å². The first kappa shape index (κ1) is 15.5. The van der Waals surface area contributed by atoms with Crippen LogP contribution in [0.1, 0.15) is 18.0 Å². The lowest BCUT2D eigenvalue weighted by molar-refractivity contribution is -0.148. The topological polar surface area (TPSA) is 15.3 Å². The third-order valence-corrected chi connectivity index (χ3v) is 3.68. The van der Waals surface area contributed by atoms with Crippen LogP contribution in [0.5, 0.6) is 0 Å². The van der Waals surface area contributed by atoms with Crippen molar-refractivity contribution in [3.63, 3.8) is 0 Å². The predicted molar refractivity (Wildman–Crippen MR) is 69.3 cm³/mol. The molecule has 1 heterocycles. The SMILES string of the molecule is Fc1ccc(Cl)c([C@@H](CC(F)(F)F)N2CCNCC2)c1. The second kappa shape index (κ2) is 6.28. The van der Waals surface area contributed by atoms with Gasteiger partial charge in [-0.1, -0.05) is 11.6 Å². The van der Waals surface area contributed by atoms with Crippen LogP contribution in [-0.2, 0) is 0 Å². The summed E-state index contributed by atoms with van der Waals surface area (Å²) < 4.78 is 51.7. The van der Waals surface area contributed by atoms with Crippen LogP contribution in [0.2, 0.25) is 5.02 Å². The number of alkyl halides is 3. The van der Waals surface area contributed by atoms with Gasteiger partial charge in [-0.2, -0.15) is 13.2 Å². The zero-order valence-corrected chi connectivity index (χ0v) is 11.4. The highest BCUT2D eigenvalue weighted by Crippen LogP contribution is 2.37. The fourth-order valence-corrected chi connectivity index (χ4v) is 2.66. The number of piperazine rings is 1. The van der Waals surface area contributed by atoms with E-state index >= 15 is 0 Å². The molecule has 0 radical (unpaired) electrons. The molecule has 0 saturated carbocycles. The molecule has 0 aromatic heterocycles. The van der Waals surface area contributed by atoms with E-state index in [4.69, 9.17) is 11.6 Å². The Morgan fingerprint density at radius 1 is 1.25 bits per heavy atom. The Hall–Kier alpha value is -0.850. The molecule has 0 unspecified atom stereocenters. The van der Waals surface area contributed by atoms with E-state index in [0.717, 1.165) is 12.1 Å². The van der Waals surface area contributed by atoms with Crippen molar-refractivity contribution in [2.45, 2.75) is 18.6 Å². The van der Waals surface area contributed by atoms with Gasteiger partial charge < -0.3 is 5.32 Å². The third-order valence-electron chi connectivity index (χ3n) is 3.33. The van der Waals surface area contributed by atoms with Crippen LogP contribution in [0.25, 0.3) is 0 Å². The van der Waals surface area contributed by atoms with Crippen molar-refractivity contribution < 1.29 is 17.6 Å². The zero-order chi connectivity index (χ0) is 14.8. The normalized spacial score (nSPS) is 19.1. The molecule has 1 aliphatic rings. The molecule has 0 amide bonds. The van der Waals surface area contributed by atoms with Gasteiger partial charge in [-0.3, -0.25) is 4.90 Å². The number of nitrogens with zero attached hydrogens (tertiary/aromatic N) is 1. The Morgan fingerprint density at radius 2 is 1.90 bits per heavy atom. The van der Waals surface area contributed by atoms with Crippen molar-refractivity contribution in [3.8, 4) is 0 Å². The average molecular weight is 311 g/mol. The average Bonchev–Trinajstić information content (AvgIpc) is 2.39. The lowest BCUT2D eigenvalue weighted by atomic mass is 10.0. The second-order valence-corrected chi connectivity index (χ2v) is 5.19. The van der Waals surface area contributed by atoms with Crippen LogP contribution in [0, 0.1) is 5.82 Å². The number of halogens is 5. The van der Waals surface area contributed by atoms with E-state index in [9.17, 15) is 17.6 Å². The molecule has 2 nitrogen and oxygen atoms in total. The molecule has 1 aliphatic heterocycles. The number of benzene rings is 1. The highest BCUT2D eigenvalue weighted by atomic mass is 35.5. The Bertz CT molecular complexity index is 458. The maximum atomic E-state index is 13.3. The van der Waals surface area contributed by atoms with Gasteiger partial charge >= 0.3 is 6.18 Å². The van der Waals surface area contributed by atoms with Crippen molar-refractivity contribution in [2.75, 3.05) is 26.2 Å². The molecule has 1 N–H and O–H groups in total. The Kier molecular flexibility index (Phi) is 4.88. The van der Waals surface area contributed by atoms with Gasteiger partial charge in [-0.05, 0) is 23.8 Å². The molecule has 1 saturated heterocycles. The Balaban J connectivity index is 2.31. The van der Waals surface area contributed by atoms with Crippen LogP contribution < -0.4 is 5.32 Å². The van der Waals surface area contributed by atoms with Gasteiger partial charge in [-0.15, -0.1) is 0 Å². The summed E-state index contributed by atoms with van der Waals surface area (Å²) in [6, 6.07) is 2.60. The maximum absolute atomic E-state index is 13.3. The van der Waals surface area contributed by atoms with Crippen molar-refractivity contribution in [1.82, 2.24) is 10.2 Å². The molecule has 20 heavy (non-hydrogen) atoms. The molecule has 1 fully saturated rings. The van der Waals surface area contributed by atoms with Gasteiger partial charge in [0.25, 0.3) is 0 Å². The first-order valence-electron chi connectivity index (χ1n) is 6.33. The summed E-state index contributed by atoms with van der Waals surface area (Å²) in [5.41, 5.74) is 0.200. The van der Waals surface area contributed by atoms with Gasteiger partial charge in [0.05, 0.1) is 6.42 Å². The summed E-state index contributed by atoms with van der Waals surface area (Å²) in [4.78, 5) is 1.70. The largest absolute Gasteiger partial charge is 0.390 e. The third kappa shape index (κ3) is 4.07. The van der Waals surface area contributed by atoms with E-state index in [1.807, 2.05) is 0 Å². The van der Waals surface area contributed by atoms with Gasteiger partial charge in [0, 0.05) is 37.2 Å². The molecular weight excluding hydrogens is 296 g/mol. The van der Waals surface area contributed by atoms with Crippen LogP contribution in [-0.4, -0.2) is 37.3 Å². The quantitative estimate of drug-likeness (QED) is 0.861. The smallest absolute Gasteiger partial charge is 0.314 e. The molecule has 0 bridgehead atoms. The number of hydrogen-bond donors (Lipinski definition) is 1. The summed E-state index contributed by atoms with van der Waals surface area (Å²) in [5.74, 6) is -0.577. The molecular formula is C13H15ClF4N2. The summed E-state index contributed by atoms with van der Waals surface area (Å²) in [5, 5.41) is 3.25. The van der Waals surface area contributed by atoms with Crippen molar-refractivity contribution >= 4 is 11.6 Å². The molecule has 0 aliphatic carbocycles. The first-order chi connectivity index (χ1) is 9.37. The van der Waals surface area contributed by atoms with E-state index in [2.05, 4.69) is 5.32 Å². The van der Waals surface area contributed by atoms with Crippen molar-refractivity contribution in [1.29, 1.82) is 0 Å². The standard InChI is InChI=1S/C13H15ClF4N2/c14-11-2-1-9(15)7-10(11)12(8-13(16,17)18)20-5-3-19-4-6-20/h1-2,7,12,19H,3-6,8H2/t12-/m1/s1. The highest BCUT2D eigenvalue weighted by Gasteiger charge is 2.36. The van der Waals surface area contributed by atoms with E-state index < -0.39 is 24.5 Å². The first-order valence-corrected chi connectivity index (χ1v) is 6.71. The van der Waals surface area contributed by atoms with Gasteiger partial charge in [0.2, 0.25) is 0 Å². The maximum Gasteiger partial charge on any atom is 0.390 e. The minimum absolute atomic E-state index is 0.166. The Morgan fingerprint density at radius 3 is 2.50 bits per heavy atom. The number of hydrogen-bond acceptors (Lipinski definition) is 2. The van der Waals surface area contributed by atoms with Crippen molar-refractivity contribution in [3.05, 3.63) is 34.6 Å². The predicted octanol–water partition coefficient (Wildman–Crippen LogP) is 3.38. The Labute approximate surface area is 119 Å². The fourth-order valence-electron chi connectivity index (χ4n) is 2.42. The lowest BCUT2D eigenvalue weighted by Gasteiger charge is -2.36. The minimum atomic E-state index is -4.33. The van der Waals surface area contributed by atoms with E-state index in [-0.39, 0.29) is 10.6 Å². The molecule has 7 heteroatoms. The van der Waals surface area contributed by atoms with Crippen LogP contribution in [0.4, 0.5) is 17.6 Å². The highest BCUT2D eigenvalue weighted by molar-refractivity contribution is 6.31. The summed E-state index contributed by atoms with van der Waals surface area (Å²) in [6.45, 7) is 2.18. The second-order valence-electron chi connectivity index (χ2n) is 4.79. The summed E-state index contributed by atoms with van der Waals surface area (Å²) in [7, 11) is 0. The van der Waals surface area contributed by atoms with Crippen LogP contribution in [0.15, 0.2) is 18.2 Å². The summed E-state index contributed by atoms with van der Waals surface area (Å²) >= 11 is 5.96. The lowest BCUT2D eigenvalue weighted by Crippen LogP contribution is -2.46. The minimum Gasteiger partial charge on any atom is -0.314 e. The van der Waals surface area contributed by atoms with E-state index in [0.29, 0.717) is 26.2 Å². The molecule has 1 atom stereocenters. The van der Waals surface area contributed by atoms with Gasteiger partial charge in [0.15, 0.2) is 0 Å². The molecule has 112 valence electrons. The fraction of sp³-hybridized carbons (Fsp3) is 0.538. The van der Waals surface area contributed by atoms with E-state index in [1.54, 1.807) is 4.90 Å². The monoisotopic (exact) mass is 310 g/mol. The molecule has 2 rings (SSSR count). The van der Waals surface area contributed by atoms with Crippen LogP contribution >= 0.6 is 11.6 Å². The summed E-state index contributed by atoms with van der Waals surface area (Å²) in [6.07, 6.45) is -5.36. The number of nitrogens with one attached hydrogen (secondary N) is 1. The zero-order valence-electron chi connectivity index (χ0n) is 10.7. The molecule has 1 aromatic carbocycles. The van der Waals surface area contributed by atoms with Gasteiger partial charge in [-0.25, -0.2) is 4.39 Å². The van der Waals surface area contributed by atoms with Crippen LogP contribution in [0.3, 0.4) is 0 Å². The van der Waals surface area contributed by atoms with E-state index in [1.165, 1.54) is 6.07 Å². The molecule has 1 aromatic rings.